The number of amides is 1. The lowest BCUT2D eigenvalue weighted by molar-refractivity contribution is -0.120. The lowest BCUT2D eigenvalue weighted by atomic mass is 10.2. The first kappa shape index (κ1) is 14.4. The van der Waals surface area contributed by atoms with Gasteiger partial charge in [0.15, 0.2) is 5.96 Å². The molecule has 7 heteroatoms. The Labute approximate surface area is 103 Å². The fourth-order valence-electron chi connectivity index (χ4n) is 0.916. The van der Waals surface area contributed by atoms with Crippen molar-refractivity contribution in [1.82, 2.24) is 5.32 Å². The molecular formula is C8H18IN5O. The average Bonchev–Trinajstić information content (AvgIpc) is 2.20. The van der Waals surface area contributed by atoms with Gasteiger partial charge in [-0.25, -0.2) is 0 Å². The number of halogens is 1. The quantitative estimate of drug-likeness (QED) is 0.156. The molecule has 0 fully saturated rings. The monoisotopic (exact) mass is 327 g/mol. The van der Waals surface area contributed by atoms with E-state index in [1.165, 1.54) is 0 Å². The summed E-state index contributed by atoms with van der Waals surface area (Å²) in [5, 5.41) is 2.73. The number of rotatable bonds is 7. The molecule has 1 amide bonds. The molecule has 15 heavy (non-hydrogen) atoms. The SMILES string of the molecule is NCCNC(=O)C(I)CCCN=C(N)N. The number of hydrogen-bond acceptors (Lipinski definition) is 3. The molecule has 0 aliphatic heterocycles. The second-order valence-corrected chi connectivity index (χ2v) is 4.50. The molecule has 0 saturated heterocycles. The molecule has 6 nitrogen and oxygen atoms in total. The van der Waals surface area contributed by atoms with Crippen LogP contribution in [0.5, 0.6) is 0 Å². The molecule has 1 atom stereocenters. The topological polar surface area (TPSA) is 120 Å². The Balaban J connectivity index is 3.59. The first-order valence-electron chi connectivity index (χ1n) is 4.75. The Bertz CT molecular complexity index is 217. The Morgan fingerprint density at radius 3 is 2.67 bits per heavy atom. The number of alkyl halides is 1. The van der Waals surface area contributed by atoms with Crippen molar-refractivity contribution in [2.75, 3.05) is 19.6 Å². The van der Waals surface area contributed by atoms with Crippen LogP contribution in [0.2, 0.25) is 0 Å². The van der Waals surface area contributed by atoms with Gasteiger partial charge in [0.25, 0.3) is 0 Å². The van der Waals surface area contributed by atoms with Gasteiger partial charge in [0.1, 0.15) is 0 Å². The van der Waals surface area contributed by atoms with E-state index >= 15 is 0 Å². The highest BCUT2D eigenvalue weighted by atomic mass is 127. The molecule has 0 saturated carbocycles. The second-order valence-electron chi connectivity index (χ2n) is 3.00. The van der Waals surface area contributed by atoms with Gasteiger partial charge in [-0.2, -0.15) is 0 Å². The van der Waals surface area contributed by atoms with E-state index in [0.717, 1.165) is 12.8 Å². The number of nitrogens with two attached hydrogens (primary N) is 3. The molecule has 0 aromatic rings. The third kappa shape index (κ3) is 8.43. The third-order valence-corrected chi connectivity index (χ3v) is 2.83. The van der Waals surface area contributed by atoms with Gasteiger partial charge >= 0.3 is 0 Å². The van der Waals surface area contributed by atoms with Gasteiger partial charge in [0.2, 0.25) is 5.91 Å². The summed E-state index contributed by atoms with van der Waals surface area (Å²) >= 11 is 2.10. The maximum absolute atomic E-state index is 11.4. The van der Waals surface area contributed by atoms with Gasteiger partial charge in [-0.15, -0.1) is 0 Å². The van der Waals surface area contributed by atoms with E-state index in [1.54, 1.807) is 0 Å². The van der Waals surface area contributed by atoms with Crippen molar-refractivity contribution in [2.24, 2.45) is 22.2 Å². The van der Waals surface area contributed by atoms with Crippen molar-refractivity contribution in [3.05, 3.63) is 0 Å². The number of nitrogens with zero attached hydrogens (tertiary/aromatic N) is 1. The van der Waals surface area contributed by atoms with Gasteiger partial charge in [0.05, 0.1) is 3.92 Å². The summed E-state index contributed by atoms with van der Waals surface area (Å²) in [6.07, 6.45) is 1.55. The highest BCUT2D eigenvalue weighted by Gasteiger charge is 2.12. The largest absolute Gasteiger partial charge is 0.370 e. The van der Waals surface area contributed by atoms with Gasteiger partial charge in [-0.3, -0.25) is 9.79 Å². The van der Waals surface area contributed by atoms with Crippen LogP contribution >= 0.6 is 22.6 Å². The minimum atomic E-state index is -0.0525. The normalized spacial score (nSPS) is 11.9. The van der Waals surface area contributed by atoms with Crippen LogP contribution in [0.25, 0.3) is 0 Å². The molecule has 0 spiro atoms. The summed E-state index contributed by atoms with van der Waals surface area (Å²) in [5.41, 5.74) is 15.6. The third-order valence-electron chi connectivity index (χ3n) is 1.64. The van der Waals surface area contributed by atoms with Crippen molar-refractivity contribution in [2.45, 2.75) is 16.8 Å². The summed E-state index contributed by atoms with van der Waals surface area (Å²) < 4.78 is -0.0525. The highest BCUT2D eigenvalue weighted by Crippen LogP contribution is 2.08. The predicted molar refractivity (Wildman–Crippen MR) is 69.8 cm³/mol. The smallest absolute Gasteiger partial charge is 0.233 e. The van der Waals surface area contributed by atoms with Crippen LogP contribution in [-0.2, 0) is 4.79 Å². The molecule has 7 N–H and O–H groups in total. The molecule has 0 heterocycles. The van der Waals surface area contributed by atoms with Crippen molar-refractivity contribution >= 4 is 34.5 Å². The van der Waals surface area contributed by atoms with E-state index in [4.69, 9.17) is 17.2 Å². The van der Waals surface area contributed by atoms with Gasteiger partial charge in [-0.1, -0.05) is 22.6 Å². The molecule has 0 rings (SSSR count). The van der Waals surface area contributed by atoms with E-state index in [0.29, 0.717) is 19.6 Å². The predicted octanol–water partition coefficient (Wildman–Crippen LogP) is -1.08. The minimum Gasteiger partial charge on any atom is -0.370 e. The van der Waals surface area contributed by atoms with Gasteiger partial charge in [0, 0.05) is 19.6 Å². The lowest BCUT2D eigenvalue weighted by Crippen LogP contribution is -2.34. The average molecular weight is 327 g/mol. The molecule has 0 bridgehead atoms. The van der Waals surface area contributed by atoms with Gasteiger partial charge < -0.3 is 22.5 Å². The maximum Gasteiger partial charge on any atom is 0.233 e. The number of guanidine groups is 1. The number of nitrogens with one attached hydrogen (secondary N) is 1. The zero-order valence-corrected chi connectivity index (χ0v) is 10.7. The number of aliphatic imine (C=N–C) groups is 1. The van der Waals surface area contributed by atoms with E-state index < -0.39 is 0 Å². The summed E-state index contributed by atoms with van der Waals surface area (Å²) in [6, 6.07) is 0. The molecule has 1 unspecified atom stereocenters. The number of hydrogen-bond donors (Lipinski definition) is 4. The van der Waals surface area contributed by atoms with Crippen LogP contribution < -0.4 is 22.5 Å². The van der Waals surface area contributed by atoms with Crippen LogP contribution in [0.1, 0.15) is 12.8 Å². The molecule has 0 aliphatic rings. The standard InChI is InChI=1S/C8H18IN5O/c9-6(7(15)13-5-3-10)2-1-4-14-8(11)12/h6H,1-5,10H2,(H,13,15)(H4,11,12,14). The lowest BCUT2D eigenvalue weighted by Gasteiger charge is -2.09. The Kier molecular flexibility index (Phi) is 8.38. The summed E-state index contributed by atoms with van der Waals surface area (Å²) in [7, 11) is 0. The zero-order valence-electron chi connectivity index (χ0n) is 8.58. The minimum absolute atomic E-state index is 0.0192. The Hall–Kier alpha value is -0.570. The fourth-order valence-corrected chi connectivity index (χ4v) is 1.58. The fraction of sp³-hybridized carbons (Fsp3) is 0.750. The van der Waals surface area contributed by atoms with Gasteiger partial charge in [-0.05, 0) is 12.8 Å². The summed E-state index contributed by atoms with van der Waals surface area (Å²) in [6.45, 7) is 1.54. The highest BCUT2D eigenvalue weighted by molar-refractivity contribution is 14.1. The van der Waals surface area contributed by atoms with E-state index in [-0.39, 0.29) is 15.8 Å². The van der Waals surface area contributed by atoms with Crippen molar-refractivity contribution < 1.29 is 4.79 Å². The Morgan fingerprint density at radius 1 is 1.47 bits per heavy atom. The molecule has 0 aliphatic carbocycles. The Morgan fingerprint density at radius 2 is 2.13 bits per heavy atom. The van der Waals surface area contributed by atoms with Crippen molar-refractivity contribution in [1.29, 1.82) is 0 Å². The van der Waals surface area contributed by atoms with E-state index in [2.05, 4.69) is 32.9 Å². The summed E-state index contributed by atoms with van der Waals surface area (Å²) in [5.74, 6) is 0.110. The van der Waals surface area contributed by atoms with E-state index in [9.17, 15) is 4.79 Å². The second kappa shape index (κ2) is 8.72. The molecule has 88 valence electrons. The molecule has 0 aromatic heterocycles. The zero-order chi connectivity index (χ0) is 11.7. The maximum atomic E-state index is 11.4. The summed E-state index contributed by atoms with van der Waals surface area (Å²) in [4.78, 5) is 15.2. The van der Waals surface area contributed by atoms with Crippen LogP contribution in [0.4, 0.5) is 0 Å². The van der Waals surface area contributed by atoms with Crippen molar-refractivity contribution in [3.8, 4) is 0 Å². The first-order chi connectivity index (χ1) is 7.07. The van der Waals surface area contributed by atoms with E-state index in [1.807, 2.05) is 0 Å². The van der Waals surface area contributed by atoms with Crippen LogP contribution in [0.15, 0.2) is 4.99 Å². The molecular weight excluding hydrogens is 309 g/mol. The molecule has 0 radical (unpaired) electrons. The first-order valence-corrected chi connectivity index (χ1v) is 5.99. The number of carbonyl (C=O) groups is 1. The van der Waals surface area contributed by atoms with Crippen LogP contribution in [0.3, 0.4) is 0 Å². The van der Waals surface area contributed by atoms with Crippen molar-refractivity contribution in [3.63, 3.8) is 0 Å². The van der Waals surface area contributed by atoms with Crippen LogP contribution in [-0.4, -0.2) is 35.4 Å². The van der Waals surface area contributed by atoms with Crippen LogP contribution in [0, 0.1) is 0 Å². The number of carbonyl (C=O) groups excluding carboxylic acids is 1. The molecule has 0 aromatic carbocycles.